The Labute approximate surface area is 331 Å². The number of likely N-dealkylation sites (tertiary alicyclic amines) is 1. The van der Waals surface area contributed by atoms with E-state index >= 15 is 0 Å². The summed E-state index contributed by atoms with van der Waals surface area (Å²) in [6.07, 6.45) is 3.42. The number of hydrogen-bond acceptors (Lipinski definition) is 9. The summed E-state index contributed by atoms with van der Waals surface area (Å²) in [5, 5.41) is 5.51. The zero-order valence-corrected chi connectivity index (χ0v) is 34.4. The van der Waals surface area contributed by atoms with Gasteiger partial charge in [0.1, 0.15) is 29.3 Å². The second-order valence-corrected chi connectivity index (χ2v) is 18.2. The zero-order chi connectivity index (χ0) is 40.8. The average Bonchev–Trinajstić information content (AvgIpc) is 3.62. The number of carbonyl (C=O) groups excluding carboxylic acids is 5. The molecule has 3 fully saturated rings. The van der Waals surface area contributed by atoms with Crippen LogP contribution in [0, 0.1) is 24.7 Å². The Kier molecular flexibility index (Phi) is 13.6. The van der Waals surface area contributed by atoms with E-state index in [0.29, 0.717) is 45.4 Å². The maximum Gasteiger partial charge on any atom is 0.410 e. The molecule has 0 spiro atoms. The van der Waals surface area contributed by atoms with Gasteiger partial charge < -0.3 is 25.0 Å². The highest BCUT2D eigenvalue weighted by Crippen LogP contribution is 2.44. The number of nitrogens with one attached hydrogen (secondary N) is 3. The minimum absolute atomic E-state index is 0.0704. The molecule has 5 amide bonds. The Bertz CT molecular complexity index is 1830. The molecule has 1 aromatic rings. The molecule has 3 aliphatic heterocycles. The number of ether oxygens (including phenoxy) is 2. The van der Waals surface area contributed by atoms with Crippen molar-refractivity contribution in [1.82, 2.24) is 29.5 Å². The van der Waals surface area contributed by atoms with Crippen LogP contribution in [0.25, 0.3) is 0 Å². The first-order chi connectivity index (χ1) is 26.4. The van der Waals surface area contributed by atoms with Crippen molar-refractivity contribution in [2.75, 3.05) is 19.6 Å². The van der Waals surface area contributed by atoms with Gasteiger partial charge in [-0.25, -0.2) is 14.3 Å². The highest BCUT2D eigenvalue weighted by Gasteiger charge is 2.60. The fourth-order valence-electron chi connectivity index (χ4n) is 7.67. The minimum Gasteiger partial charge on any atom is -0.444 e. The van der Waals surface area contributed by atoms with E-state index in [2.05, 4.69) is 27.2 Å². The van der Waals surface area contributed by atoms with Crippen LogP contribution in [0.1, 0.15) is 116 Å². The first-order valence-electron chi connectivity index (χ1n) is 19.8. The lowest BCUT2D eigenvalue weighted by atomic mass is 10.0. The summed E-state index contributed by atoms with van der Waals surface area (Å²) in [6, 6.07) is 3.73. The van der Waals surface area contributed by atoms with Gasteiger partial charge in [0.15, 0.2) is 0 Å². The number of amides is 5. The standard InChI is InChI=1S/C40H58N6O9S/c1-7-8-9-10-11-12-13-16-32(41-37(50)55-39(4,5)6)35(48)46-26-31(54-38(51)44-24-29-18-17-27(2)21-30(29)25-44)22-33(46)34(47)42-40(23-28(40)3)36(49)43-56(52,53)45-19-14-15-20-45/h17-18,21,28,31-33H,9-16,19-20,22-26H2,1-6H3,(H,41,50)(H,42,47)(H,43,49)/t28-,31-,32+,33+,40-/m1/s1. The van der Waals surface area contributed by atoms with Crippen LogP contribution in [-0.2, 0) is 47.2 Å². The third-order valence-electron chi connectivity index (χ3n) is 10.9. The summed E-state index contributed by atoms with van der Waals surface area (Å²) in [5.41, 5.74) is 0.757. The molecule has 3 heterocycles. The average molecular weight is 799 g/mol. The first-order valence-corrected chi connectivity index (χ1v) is 21.2. The molecule has 15 nitrogen and oxygen atoms in total. The van der Waals surface area contributed by atoms with Crippen molar-refractivity contribution in [3.05, 3.63) is 34.9 Å². The van der Waals surface area contributed by atoms with Crippen LogP contribution in [0.4, 0.5) is 9.59 Å². The monoisotopic (exact) mass is 798 g/mol. The molecule has 0 radical (unpaired) electrons. The van der Waals surface area contributed by atoms with Gasteiger partial charge in [-0.05, 0) is 83.8 Å². The van der Waals surface area contributed by atoms with Crippen molar-refractivity contribution in [3.8, 4) is 11.8 Å². The summed E-state index contributed by atoms with van der Waals surface area (Å²) < 4.78 is 40.8. The van der Waals surface area contributed by atoms with E-state index in [4.69, 9.17) is 9.47 Å². The SMILES string of the molecule is CC#CCCCCCC[C@H](NC(=O)OC(C)(C)C)C(=O)N1C[C@H](OC(=O)N2Cc3ccc(C)cc3C2)C[C@H]1C(=O)N[C@]1(C(=O)NS(=O)(=O)N2CCCC2)C[C@H]1C. The summed E-state index contributed by atoms with van der Waals surface area (Å²) in [7, 11) is -4.11. The van der Waals surface area contributed by atoms with E-state index in [0.717, 1.165) is 42.4 Å². The molecule has 2 saturated heterocycles. The molecule has 1 aliphatic carbocycles. The predicted molar refractivity (Wildman–Crippen MR) is 208 cm³/mol. The van der Waals surface area contributed by atoms with Crippen molar-refractivity contribution >= 4 is 40.1 Å². The van der Waals surface area contributed by atoms with Gasteiger partial charge in [0.05, 0.1) is 6.54 Å². The van der Waals surface area contributed by atoms with E-state index in [1.807, 2.05) is 25.1 Å². The molecule has 5 rings (SSSR count). The summed E-state index contributed by atoms with van der Waals surface area (Å²) in [6.45, 7) is 11.8. The van der Waals surface area contributed by atoms with Crippen molar-refractivity contribution < 1.29 is 41.9 Å². The van der Waals surface area contributed by atoms with Gasteiger partial charge in [-0.15, -0.1) is 11.8 Å². The molecule has 0 unspecified atom stereocenters. The van der Waals surface area contributed by atoms with Gasteiger partial charge in [0.2, 0.25) is 11.8 Å². The number of fused-ring (bicyclic) bond motifs is 1. The van der Waals surface area contributed by atoms with Crippen LogP contribution in [0.3, 0.4) is 0 Å². The van der Waals surface area contributed by atoms with Gasteiger partial charge in [0, 0.05) is 39.0 Å². The fraction of sp³-hybridized carbons (Fsp3) is 0.675. The second-order valence-electron chi connectivity index (χ2n) is 16.6. The molecular formula is C40H58N6O9S. The van der Waals surface area contributed by atoms with E-state index in [1.54, 1.807) is 39.5 Å². The predicted octanol–water partition coefficient (Wildman–Crippen LogP) is 4.03. The van der Waals surface area contributed by atoms with Gasteiger partial charge in [-0.2, -0.15) is 12.7 Å². The van der Waals surface area contributed by atoms with Crippen LogP contribution in [0.15, 0.2) is 18.2 Å². The second kappa shape index (κ2) is 17.8. The van der Waals surface area contributed by atoms with Crippen molar-refractivity contribution in [3.63, 3.8) is 0 Å². The summed E-state index contributed by atoms with van der Waals surface area (Å²) >= 11 is 0. The largest absolute Gasteiger partial charge is 0.444 e. The van der Waals surface area contributed by atoms with Crippen LogP contribution >= 0.6 is 0 Å². The third kappa shape index (κ3) is 10.7. The Morgan fingerprint density at radius 1 is 1.02 bits per heavy atom. The van der Waals surface area contributed by atoms with Crippen LogP contribution in [0.2, 0.25) is 0 Å². The number of unbranched alkanes of at least 4 members (excludes halogenated alkanes) is 4. The Morgan fingerprint density at radius 3 is 2.36 bits per heavy atom. The number of hydrogen-bond donors (Lipinski definition) is 3. The van der Waals surface area contributed by atoms with Crippen LogP contribution < -0.4 is 15.4 Å². The Hall–Kier alpha value is -4.36. The number of carbonyl (C=O) groups is 5. The lowest BCUT2D eigenvalue weighted by Gasteiger charge is -2.30. The lowest BCUT2D eigenvalue weighted by molar-refractivity contribution is -0.141. The molecule has 0 aromatic heterocycles. The highest BCUT2D eigenvalue weighted by atomic mass is 32.2. The minimum atomic E-state index is -4.11. The van der Waals surface area contributed by atoms with Gasteiger partial charge in [-0.3, -0.25) is 19.3 Å². The van der Waals surface area contributed by atoms with Gasteiger partial charge in [0.25, 0.3) is 5.91 Å². The first kappa shape index (κ1) is 42.8. The molecule has 4 aliphatic rings. The van der Waals surface area contributed by atoms with Crippen molar-refractivity contribution in [2.24, 2.45) is 5.92 Å². The number of benzene rings is 1. The zero-order valence-electron chi connectivity index (χ0n) is 33.6. The normalized spacial score (nSPS) is 23.7. The topological polar surface area (TPSA) is 184 Å². The van der Waals surface area contributed by atoms with Crippen LogP contribution in [-0.4, -0.2) is 101 Å². The van der Waals surface area contributed by atoms with Gasteiger partial charge in [-0.1, -0.05) is 49.9 Å². The van der Waals surface area contributed by atoms with E-state index < -0.39 is 69.4 Å². The highest BCUT2D eigenvalue weighted by molar-refractivity contribution is 7.87. The van der Waals surface area contributed by atoms with Crippen LogP contribution in [0.5, 0.6) is 0 Å². The maximum absolute atomic E-state index is 14.5. The van der Waals surface area contributed by atoms with Crippen molar-refractivity contribution in [2.45, 2.75) is 148 Å². The molecule has 3 N–H and O–H groups in total. The molecule has 0 bridgehead atoms. The Morgan fingerprint density at radius 2 is 1.70 bits per heavy atom. The Balaban J connectivity index is 1.34. The molecule has 1 aromatic carbocycles. The molecule has 56 heavy (non-hydrogen) atoms. The molecular weight excluding hydrogens is 741 g/mol. The lowest BCUT2D eigenvalue weighted by Crippen LogP contribution is -2.59. The number of aryl methyl sites for hydroxylation is 1. The smallest absolute Gasteiger partial charge is 0.410 e. The number of alkyl carbamates (subject to hydrolysis) is 1. The van der Waals surface area contributed by atoms with E-state index in [-0.39, 0.29) is 31.7 Å². The quantitative estimate of drug-likeness (QED) is 0.185. The van der Waals surface area contributed by atoms with Gasteiger partial charge >= 0.3 is 22.4 Å². The summed E-state index contributed by atoms with van der Waals surface area (Å²) in [4.78, 5) is 71.7. The molecule has 308 valence electrons. The maximum atomic E-state index is 14.5. The molecule has 5 atom stereocenters. The van der Waals surface area contributed by atoms with E-state index in [9.17, 15) is 32.4 Å². The fourth-order valence-corrected chi connectivity index (χ4v) is 8.95. The third-order valence-corrected chi connectivity index (χ3v) is 12.3. The number of rotatable bonds is 14. The molecule has 1 saturated carbocycles. The molecule has 16 heteroatoms. The number of nitrogens with zero attached hydrogens (tertiary/aromatic N) is 3. The summed E-state index contributed by atoms with van der Waals surface area (Å²) in [5.74, 6) is 3.45. The van der Waals surface area contributed by atoms with E-state index in [1.165, 1.54) is 9.21 Å². The van der Waals surface area contributed by atoms with Crippen molar-refractivity contribution in [1.29, 1.82) is 0 Å².